The van der Waals surface area contributed by atoms with Crippen molar-refractivity contribution in [2.75, 3.05) is 13.2 Å². The number of ether oxygens (including phenoxy) is 1. The van der Waals surface area contributed by atoms with Crippen molar-refractivity contribution < 1.29 is 19.4 Å². The second kappa shape index (κ2) is 9.21. The molecule has 0 amide bonds. The Bertz CT molecular complexity index is 530. The van der Waals surface area contributed by atoms with Gasteiger partial charge in [-0.1, -0.05) is 17.7 Å². The van der Waals surface area contributed by atoms with Gasteiger partial charge in [-0.25, -0.2) is 0 Å². The van der Waals surface area contributed by atoms with Crippen LogP contribution in [0.4, 0.5) is 0 Å². The van der Waals surface area contributed by atoms with Gasteiger partial charge in [0.25, 0.3) is 0 Å². The molecule has 2 rings (SSSR count). The first-order chi connectivity index (χ1) is 11.5. The van der Waals surface area contributed by atoms with Crippen LogP contribution in [-0.4, -0.2) is 35.1 Å². The number of furan rings is 1. The first kappa shape index (κ1) is 19.0. The van der Waals surface area contributed by atoms with Crippen LogP contribution in [0.3, 0.4) is 0 Å². The van der Waals surface area contributed by atoms with E-state index in [0.29, 0.717) is 13.0 Å². The van der Waals surface area contributed by atoms with Crippen LogP contribution in [0.25, 0.3) is 0 Å². The average molecular weight is 334 g/mol. The summed E-state index contributed by atoms with van der Waals surface area (Å²) in [7, 11) is 0. The van der Waals surface area contributed by atoms with Gasteiger partial charge in [-0.15, -0.1) is 0 Å². The average Bonchev–Trinajstić information content (AvgIpc) is 3.08. The van der Waals surface area contributed by atoms with Crippen molar-refractivity contribution in [1.82, 2.24) is 0 Å². The van der Waals surface area contributed by atoms with Gasteiger partial charge in [-0.2, -0.15) is 0 Å². The zero-order chi connectivity index (χ0) is 17.4. The molecular formula is C20H30O4. The smallest absolute Gasteiger partial charge is 0.114 e. The van der Waals surface area contributed by atoms with E-state index in [1.807, 2.05) is 19.9 Å². The minimum atomic E-state index is -1.14. The summed E-state index contributed by atoms with van der Waals surface area (Å²) in [4.78, 5) is 0. The van der Waals surface area contributed by atoms with Gasteiger partial charge in [-0.05, 0) is 69.6 Å². The summed E-state index contributed by atoms with van der Waals surface area (Å²) in [5.74, 6) is 0. The van der Waals surface area contributed by atoms with E-state index in [1.54, 1.807) is 12.5 Å². The molecule has 1 aromatic rings. The minimum Gasteiger partial charge on any atom is -0.472 e. The number of hydrogen-bond acceptors (Lipinski definition) is 4. The number of rotatable bonds is 8. The van der Waals surface area contributed by atoms with Crippen molar-refractivity contribution in [2.45, 2.75) is 64.1 Å². The highest BCUT2D eigenvalue weighted by Crippen LogP contribution is 2.30. The van der Waals surface area contributed by atoms with Gasteiger partial charge in [-0.3, -0.25) is 0 Å². The van der Waals surface area contributed by atoms with E-state index in [0.717, 1.165) is 32.1 Å². The molecule has 0 bridgehead atoms. The van der Waals surface area contributed by atoms with E-state index >= 15 is 0 Å². The monoisotopic (exact) mass is 334 g/mol. The van der Waals surface area contributed by atoms with Crippen molar-refractivity contribution in [2.24, 2.45) is 0 Å². The molecule has 2 N–H and O–H groups in total. The topological polar surface area (TPSA) is 62.8 Å². The summed E-state index contributed by atoms with van der Waals surface area (Å²) in [6, 6.07) is 1.99. The van der Waals surface area contributed by atoms with Gasteiger partial charge >= 0.3 is 0 Å². The SMILES string of the molecule is CC(C)=CCC[C@@](O)(CO)[C@@H]1CCC(=CCCc2ccoc2)CO1. The highest BCUT2D eigenvalue weighted by atomic mass is 16.5. The molecule has 0 aliphatic carbocycles. The van der Waals surface area contributed by atoms with E-state index in [9.17, 15) is 10.2 Å². The van der Waals surface area contributed by atoms with Crippen LogP contribution in [0.15, 0.2) is 46.3 Å². The number of aryl methyl sites for hydroxylation is 1. The molecule has 1 fully saturated rings. The number of hydrogen-bond donors (Lipinski definition) is 2. The van der Waals surface area contributed by atoms with E-state index < -0.39 is 5.60 Å². The highest BCUT2D eigenvalue weighted by Gasteiger charge is 2.38. The van der Waals surface area contributed by atoms with Crippen molar-refractivity contribution in [1.29, 1.82) is 0 Å². The number of aliphatic hydroxyl groups excluding tert-OH is 1. The zero-order valence-corrected chi connectivity index (χ0v) is 14.8. The van der Waals surface area contributed by atoms with Crippen molar-refractivity contribution in [3.63, 3.8) is 0 Å². The van der Waals surface area contributed by atoms with Crippen molar-refractivity contribution in [3.8, 4) is 0 Å². The molecule has 0 spiro atoms. The third kappa shape index (κ3) is 5.62. The summed E-state index contributed by atoms with van der Waals surface area (Å²) in [5.41, 5.74) is 2.56. The maximum Gasteiger partial charge on any atom is 0.114 e. The van der Waals surface area contributed by atoms with Crippen molar-refractivity contribution >= 4 is 0 Å². The molecular weight excluding hydrogens is 304 g/mol. The summed E-state index contributed by atoms with van der Waals surface area (Å²) in [6.45, 7) is 4.36. The van der Waals surface area contributed by atoms with Crippen LogP contribution in [0.1, 0.15) is 51.5 Å². The lowest BCUT2D eigenvalue weighted by molar-refractivity contribution is -0.141. The maximum atomic E-state index is 10.7. The largest absolute Gasteiger partial charge is 0.472 e. The molecule has 2 heterocycles. The third-order valence-electron chi connectivity index (χ3n) is 4.65. The standard InChI is InChI=1S/C20H30O4/c1-16(2)5-4-11-20(22,15-21)19-9-8-17(14-24-19)6-3-7-18-10-12-23-13-18/h5-6,10,12-13,19,21-22H,3-4,7-9,11,14-15H2,1-2H3/t19-,20+/m0/s1. The van der Waals surface area contributed by atoms with Gasteiger partial charge in [0, 0.05) is 0 Å². The molecule has 0 saturated carbocycles. The quantitative estimate of drug-likeness (QED) is 0.710. The third-order valence-corrected chi connectivity index (χ3v) is 4.65. The first-order valence-corrected chi connectivity index (χ1v) is 8.80. The second-order valence-electron chi connectivity index (χ2n) is 6.95. The number of aliphatic hydroxyl groups is 2. The molecule has 2 atom stereocenters. The van der Waals surface area contributed by atoms with Gasteiger partial charge in [0.2, 0.25) is 0 Å². The van der Waals surface area contributed by atoms with Gasteiger partial charge < -0.3 is 19.4 Å². The summed E-state index contributed by atoms with van der Waals surface area (Å²) in [5, 5.41) is 20.4. The highest BCUT2D eigenvalue weighted by molar-refractivity contribution is 5.11. The second-order valence-corrected chi connectivity index (χ2v) is 6.95. The van der Waals surface area contributed by atoms with Crippen LogP contribution in [0, 0.1) is 0 Å². The van der Waals surface area contributed by atoms with E-state index in [-0.39, 0.29) is 12.7 Å². The van der Waals surface area contributed by atoms with Crippen LogP contribution in [0.2, 0.25) is 0 Å². The van der Waals surface area contributed by atoms with Crippen molar-refractivity contribution in [3.05, 3.63) is 47.5 Å². The predicted molar refractivity (Wildman–Crippen MR) is 94.8 cm³/mol. The molecule has 4 nitrogen and oxygen atoms in total. The Kier molecular flexibility index (Phi) is 7.28. The molecule has 0 unspecified atom stereocenters. The van der Waals surface area contributed by atoms with Gasteiger partial charge in [0.15, 0.2) is 0 Å². The van der Waals surface area contributed by atoms with Crippen LogP contribution < -0.4 is 0 Å². The van der Waals surface area contributed by atoms with Crippen LogP contribution >= 0.6 is 0 Å². The predicted octanol–water partition coefficient (Wildman–Crippen LogP) is 3.79. The molecule has 4 heteroatoms. The van der Waals surface area contributed by atoms with Gasteiger partial charge in [0.05, 0.1) is 31.8 Å². The Labute approximate surface area is 144 Å². The molecule has 1 aromatic heterocycles. The Morgan fingerprint density at radius 1 is 1.38 bits per heavy atom. The molecule has 134 valence electrons. The lowest BCUT2D eigenvalue weighted by Gasteiger charge is -2.37. The van der Waals surface area contributed by atoms with E-state index in [4.69, 9.17) is 9.15 Å². The lowest BCUT2D eigenvalue weighted by atomic mass is 9.86. The maximum absolute atomic E-state index is 10.7. The fourth-order valence-electron chi connectivity index (χ4n) is 3.09. The van der Waals surface area contributed by atoms with E-state index in [1.165, 1.54) is 16.7 Å². The minimum absolute atomic E-state index is 0.256. The molecule has 0 aromatic carbocycles. The van der Waals surface area contributed by atoms with Gasteiger partial charge in [0.1, 0.15) is 5.60 Å². The zero-order valence-electron chi connectivity index (χ0n) is 14.8. The van der Waals surface area contributed by atoms with Crippen LogP contribution in [-0.2, 0) is 11.2 Å². The Morgan fingerprint density at radius 2 is 2.21 bits per heavy atom. The lowest BCUT2D eigenvalue weighted by Crippen LogP contribution is -2.48. The molecule has 24 heavy (non-hydrogen) atoms. The summed E-state index contributed by atoms with van der Waals surface area (Å²) in [6.07, 6.45) is 12.4. The Morgan fingerprint density at radius 3 is 2.79 bits per heavy atom. The molecule has 1 saturated heterocycles. The normalized spacial score (nSPS) is 22.3. The first-order valence-electron chi connectivity index (χ1n) is 8.80. The summed E-state index contributed by atoms with van der Waals surface area (Å²) >= 11 is 0. The molecule has 0 radical (unpaired) electrons. The fourth-order valence-corrected chi connectivity index (χ4v) is 3.09. The molecule has 1 aliphatic rings. The Hall–Kier alpha value is -1.36. The van der Waals surface area contributed by atoms with E-state index in [2.05, 4.69) is 12.2 Å². The number of allylic oxidation sites excluding steroid dienone is 3. The van der Waals surface area contributed by atoms with Crippen LogP contribution in [0.5, 0.6) is 0 Å². The fraction of sp³-hybridized carbons (Fsp3) is 0.600. The summed E-state index contributed by atoms with van der Waals surface area (Å²) < 4.78 is 10.9. The molecule has 1 aliphatic heterocycles. The Balaban J connectivity index is 1.80.